The number of nitro groups is 1. The molecule has 0 aliphatic carbocycles. The van der Waals surface area contributed by atoms with Gasteiger partial charge in [0.15, 0.2) is 11.5 Å². The van der Waals surface area contributed by atoms with E-state index >= 15 is 0 Å². The third-order valence-corrected chi connectivity index (χ3v) is 4.79. The molecule has 0 spiro atoms. The number of rotatable bonds is 5. The summed E-state index contributed by atoms with van der Waals surface area (Å²) in [5, 5.41) is 21.7. The smallest absolute Gasteiger partial charge is 0.343 e. The zero-order valence-electron chi connectivity index (χ0n) is 16.2. The number of fused-ring (bicyclic) bond motifs is 1. The van der Waals surface area contributed by atoms with Gasteiger partial charge in [0.25, 0.3) is 5.69 Å². The molecule has 0 aliphatic heterocycles. The molecule has 0 bridgehead atoms. The summed E-state index contributed by atoms with van der Waals surface area (Å²) < 4.78 is 16.8. The van der Waals surface area contributed by atoms with E-state index in [4.69, 9.17) is 13.6 Å². The van der Waals surface area contributed by atoms with E-state index in [2.05, 4.69) is 0 Å². The van der Waals surface area contributed by atoms with Crippen LogP contribution in [0.5, 0.6) is 11.5 Å². The number of hydrogen-bond donors (Lipinski definition) is 1. The largest absolute Gasteiger partial charge is 0.507 e. The zero-order chi connectivity index (χ0) is 21.4. The van der Waals surface area contributed by atoms with Gasteiger partial charge in [0.05, 0.1) is 10.5 Å². The quantitative estimate of drug-likeness (QED) is 0.371. The lowest BCUT2D eigenvalue weighted by molar-refractivity contribution is -0.384. The summed E-state index contributed by atoms with van der Waals surface area (Å²) in [6.07, 6.45) is 0. The molecule has 2 heterocycles. The zero-order valence-corrected chi connectivity index (χ0v) is 16.2. The van der Waals surface area contributed by atoms with Crippen LogP contribution in [0.15, 0.2) is 62.2 Å². The predicted molar refractivity (Wildman–Crippen MR) is 109 cm³/mol. The number of benzene rings is 2. The normalized spacial score (nSPS) is 11.0. The lowest BCUT2D eigenvalue weighted by atomic mass is 10.1. The number of nitro benzene ring substituents is 1. The molecule has 0 unspecified atom stereocenters. The van der Waals surface area contributed by atoms with Crippen molar-refractivity contribution in [2.75, 3.05) is 0 Å². The molecule has 8 nitrogen and oxygen atoms in total. The molecule has 1 N–H and O–H groups in total. The number of ether oxygens (including phenoxy) is 1. The molecular formula is C22H17NO7. The summed E-state index contributed by atoms with van der Waals surface area (Å²) in [7, 11) is 0. The van der Waals surface area contributed by atoms with E-state index in [-0.39, 0.29) is 29.4 Å². The van der Waals surface area contributed by atoms with Crippen LogP contribution in [0.2, 0.25) is 0 Å². The Balaban J connectivity index is 1.61. The van der Waals surface area contributed by atoms with Gasteiger partial charge in [0.1, 0.15) is 23.7 Å². The van der Waals surface area contributed by atoms with E-state index in [9.17, 15) is 20.0 Å². The maximum atomic E-state index is 11.9. The van der Waals surface area contributed by atoms with Crippen molar-refractivity contribution in [1.29, 1.82) is 0 Å². The molecule has 4 rings (SSSR count). The van der Waals surface area contributed by atoms with Crippen LogP contribution in [0.25, 0.3) is 22.5 Å². The summed E-state index contributed by atoms with van der Waals surface area (Å²) in [4.78, 5) is 22.3. The standard InChI is InChI=1S/C22H17NO7/c1-12-20(24)13(2)22(25)30-21(12)19-10-15-9-17(6-7-18(15)29-19)28-11-14-4-3-5-16(8-14)23(26)27/h3-10,24H,11H2,1-2H3. The number of hydrogen-bond acceptors (Lipinski definition) is 7. The summed E-state index contributed by atoms with van der Waals surface area (Å²) in [6.45, 7) is 3.29. The highest BCUT2D eigenvalue weighted by atomic mass is 16.6. The van der Waals surface area contributed by atoms with Crippen molar-refractivity contribution < 1.29 is 23.6 Å². The van der Waals surface area contributed by atoms with Gasteiger partial charge in [-0.2, -0.15) is 0 Å². The number of non-ortho nitro benzene ring substituents is 1. The molecule has 0 saturated carbocycles. The van der Waals surface area contributed by atoms with E-state index in [0.29, 0.717) is 33.6 Å². The third kappa shape index (κ3) is 3.50. The SMILES string of the molecule is Cc1c(-c2cc3cc(OCc4cccc([N+](=O)[O-])c4)ccc3o2)oc(=O)c(C)c1O. The van der Waals surface area contributed by atoms with Gasteiger partial charge in [-0.05, 0) is 43.7 Å². The number of nitrogens with zero attached hydrogens (tertiary/aromatic N) is 1. The fourth-order valence-electron chi connectivity index (χ4n) is 3.12. The van der Waals surface area contributed by atoms with Gasteiger partial charge >= 0.3 is 5.63 Å². The number of furan rings is 1. The fraction of sp³-hybridized carbons (Fsp3) is 0.136. The Morgan fingerprint density at radius 2 is 1.87 bits per heavy atom. The highest BCUT2D eigenvalue weighted by Crippen LogP contribution is 2.34. The third-order valence-electron chi connectivity index (χ3n) is 4.79. The molecule has 0 fully saturated rings. The Labute approximate surface area is 170 Å². The molecule has 4 aromatic rings. The number of aromatic hydroxyl groups is 1. The van der Waals surface area contributed by atoms with Gasteiger partial charge < -0.3 is 18.7 Å². The topological polar surface area (TPSA) is 116 Å². The molecule has 2 aromatic heterocycles. The van der Waals surface area contributed by atoms with Crippen molar-refractivity contribution in [3.05, 3.63) is 85.8 Å². The molecule has 0 aliphatic rings. The van der Waals surface area contributed by atoms with Gasteiger partial charge in [-0.25, -0.2) is 4.79 Å². The molecule has 8 heteroatoms. The Bertz CT molecular complexity index is 1330. The molecular weight excluding hydrogens is 390 g/mol. The second-order valence-corrected chi connectivity index (χ2v) is 6.84. The van der Waals surface area contributed by atoms with Crippen molar-refractivity contribution in [3.63, 3.8) is 0 Å². The van der Waals surface area contributed by atoms with E-state index in [1.165, 1.54) is 19.1 Å². The average molecular weight is 407 g/mol. The Kier molecular flexibility index (Phi) is 4.75. The summed E-state index contributed by atoms with van der Waals surface area (Å²) in [5.74, 6) is 0.901. The Morgan fingerprint density at radius 1 is 1.07 bits per heavy atom. The monoisotopic (exact) mass is 407 g/mol. The van der Waals surface area contributed by atoms with Crippen LogP contribution in [-0.4, -0.2) is 10.0 Å². The van der Waals surface area contributed by atoms with Crippen molar-refractivity contribution >= 4 is 16.7 Å². The van der Waals surface area contributed by atoms with Crippen LogP contribution in [0.4, 0.5) is 5.69 Å². The average Bonchev–Trinajstić information content (AvgIpc) is 3.16. The Morgan fingerprint density at radius 3 is 2.63 bits per heavy atom. The fourth-order valence-corrected chi connectivity index (χ4v) is 3.12. The minimum absolute atomic E-state index is 0.00393. The second-order valence-electron chi connectivity index (χ2n) is 6.84. The first-order chi connectivity index (χ1) is 14.3. The maximum absolute atomic E-state index is 11.9. The molecule has 0 amide bonds. The van der Waals surface area contributed by atoms with Crippen molar-refractivity contribution in [1.82, 2.24) is 0 Å². The first kappa shape index (κ1) is 19.3. The van der Waals surface area contributed by atoms with E-state index in [1.807, 2.05) is 0 Å². The van der Waals surface area contributed by atoms with Gasteiger partial charge in [-0.15, -0.1) is 0 Å². The van der Waals surface area contributed by atoms with Crippen molar-refractivity contribution in [2.24, 2.45) is 0 Å². The molecule has 0 saturated heterocycles. The minimum Gasteiger partial charge on any atom is -0.507 e. The van der Waals surface area contributed by atoms with Crippen LogP contribution in [0.3, 0.4) is 0 Å². The van der Waals surface area contributed by atoms with Gasteiger partial charge in [0, 0.05) is 23.1 Å². The highest BCUT2D eigenvalue weighted by molar-refractivity contribution is 5.84. The summed E-state index contributed by atoms with van der Waals surface area (Å²) in [6, 6.07) is 13.1. The van der Waals surface area contributed by atoms with Crippen LogP contribution in [0, 0.1) is 24.0 Å². The van der Waals surface area contributed by atoms with Crippen LogP contribution in [0.1, 0.15) is 16.7 Å². The van der Waals surface area contributed by atoms with Gasteiger partial charge in [-0.3, -0.25) is 10.1 Å². The second kappa shape index (κ2) is 7.40. The summed E-state index contributed by atoms with van der Waals surface area (Å²) >= 11 is 0. The molecule has 152 valence electrons. The molecule has 2 aromatic carbocycles. The first-order valence-corrected chi connectivity index (χ1v) is 9.07. The van der Waals surface area contributed by atoms with Crippen LogP contribution < -0.4 is 10.4 Å². The van der Waals surface area contributed by atoms with Crippen LogP contribution in [-0.2, 0) is 6.61 Å². The highest BCUT2D eigenvalue weighted by Gasteiger charge is 2.18. The lowest BCUT2D eigenvalue weighted by Gasteiger charge is -2.06. The van der Waals surface area contributed by atoms with Gasteiger partial charge in [-0.1, -0.05) is 12.1 Å². The molecule has 0 radical (unpaired) electrons. The lowest BCUT2D eigenvalue weighted by Crippen LogP contribution is -2.05. The Hall–Kier alpha value is -4.07. The van der Waals surface area contributed by atoms with Gasteiger partial charge in [0.2, 0.25) is 0 Å². The molecule has 30 heavy (non-hydrogen) atoms. The van der Waals surface area contributed by atoms with E-state index in [0.717, 1.165) is 0 Å². The van der Waals surface area contributed by atoms with Crippen molar-refractivity contribution in [3.8, 4) is 23.0 Å². The molecule has 0 atom stereocenters. The van der Waals surface area contributed by atoms with Crippen molar-refractivity contribution in [2.45, 2.75) is 20.5 Å². The first-order valence-electron chi connectivity index (χ1n) is 9.07. The van der Waals surface area contributed by atoms with E-state index in [1.54, 1.807) is 43.3 Å². The maximum Gasteiger partial charge on any atom is 0.343 e. The van der Waals surface area contributed by atoms with Crippen LogP contribution >= 0.6 is 0 Å². The summed E-state index contributed by atoms with van der Waals surface area (Å²) in [5.41, 5.74) is 1.15. The predicted octanol–water partition coefficient (Wildman–Crippen LogP) is 4.86. The van der Waals surface area contributed by atoms with E-state index < -0.39 is 10.5 Å². The minimum atomic E-state index is -0.630.